The molecule has 1 saturated carbocycles. The van der Waals surface area contributed by atoms with Gasteiger partial charge in [-0.15, -0.1) is 0 Å². The summed E-state index contributed by atoms with van der Waals surface area (Å²) < 4.78 is 11.5. The summed E-state index contributed by atoms with van der Waals surface area (Å²) in [5.74, 6) is 1.14. The lowest BCUT2D eigenvalue weighted by Crippen LogP contribution is -2.56. The Kier molecular flexibility index (Phi) is 6.20. The summed E-state index contributed by atoms with van der Waals surface area (Å²) in [6.07, 6.45) is 3.93. The number of carbonyl (C=O) groups excluding carboxylic acids is 1. The lowest BCUT2D eigenvalue weighted by atomic mass is 9.99. The first kappa shape index (κ1) is 19.2. The Labute approximate surface area is 157 Å². The number of nitrogens with zero attached hydrogens (tertiary/aromatic N) is 2. The molecule has 1 amide bonds. The normalized spacial score (nSPS) is 21.6. The summed E-state index contributed by atoms with van der Waals surface area (Å²) in [5, 5.41) is 0. The number of rotatable bonds is 6. The van der Waals surface area contributed by atoms with Gasteiger partial charge in [-0.2, -0.15) is 0 Å². The number of methoxy groups -OCH3 is 1. The van der Waals surface area contributed by atoms with Gasteiger partial charge in [-0.3, -0.25) is 9.69 Å². The van der Waals surface area contributed by atoms with E-state index in [2.05, 4.69) is 24.0 Å². The molecule has 1 aromatic carbocycles. The fourth-order valence-corrected chi connectivity index (χ4v) is 4.45. The van der Waals surface area contributed by atoms with Crippen LogP contribution >= 0.6 is 0 Å². The summed E-state index contributed by atoms with van der Waals surface area (Å²) in [7, 11) is 1.72. The van der Waals surface area contributed by atoms with E-state index in [1.54, 1.807) is 7.11 Å². The molecule has 0 bridgehead atoms. The Morgan fingerprint density at radius 1 is 1.15 bits per heavy atom. The molecule has 1 unspecified atom stereocenters. The molecule has 1 saturated heterocycles. The first-order valence-electron chi connectivity index (χ1n) is 9.91. The highest BCUT2D eigenvalue weighted by atomic mass is 16.5. The van der Waals surface area contributed by atoms with Gasteiger partial charge in [-0.25, -0.2) is 0 Å². The molecule has 1 aliphatic carbocycles. The van der Waals surface area contributed by atoms with Crippen molar-refractivity contribution in [1.82, 2.24) is 9.80 Å². The molecule has 144 valence electrons. The van der Waals surface area contributed by atoms with E-state index in [1.807, 2.05) is 24.0 Å². The molecule has 1 aliphatic heterocycles. The lowest BCUT2D eigenvalue weighted by molar-refractivity contribution is -0.159. The number of ether oxygens (including phenoxy) is 2. The van der Waals surface area contributed by atoms with Gasteiger partial charge >= 0.3 is 0 Å². The maximum Gasteiger partial charge on any atom is 0.254 e. The first-order valence-corrected chi connectivity index (χ1v) is 9.91. The maximum atomic E-state index is 13.1. The third kappa shape index (κ3) is 3.74. The van der Waals surface area contributed by atoms with Crippen molar-refractivity contribution in [2.24, 2.45) is 0 Å². The van der Waals surface area contributed by atoms with Crippen molar-refractivity contribution in [2.75, 3.05) is 39.9 Å². The van der Waals surface area contributed by atoms with Crippen molar-refractivity contribution >= 4 is 5.91 Å². The molecule has 0 spiro atoms. The number of hydrogen-bond acceptors (Lipinski definition) is 4. The molecule has 2 fully saturated rings. The summed E-state index contributed by atoms with van der Waals surface area (Å²) in [6.45, 7) is 8.12. The summed E-state index contributed by atoms with van der Waals surface area (Å²) in [6, 6.07) is 8.47. The summed E-state index contributed by atoms with van der Waals surface area (Å²) in [4.78, 5) is 17.6. The zero-order chi connectivity index (χ0) is 18.6. The van der Waals surface area contributed by atoms with Crippen LogP contribution in [0.3, 0.4) is 0 Å². The Balaban J connectivity index is 1.62. The Morgan fingerprint density at radius 2 is 1.81 bits per heavy atom. The molecule has 0 aromatic heterocycles. The summed E-state index contributed by atoms with van der Waals surface area (Å²) in [5.41, 5.74) is 0.655. The van der Waals surface area contributed by atoms with Crippen LogP contribution in [0.4, 0.5) is 0 Å². The van der Waals surface area contributed by atoms with Gasteiger partial charge in [0.15, 0.2) is 0 Å². The zero-order valence-electron chi connectivity index (χ0n) is 16.4. The maximum absolute atomic E-state index is 13.1. The fourth-order valence-electron chi connectivity index (χ4n) is 4.45. The van der Waals surface area contributed by atoms with Gasteiger partial charge in [-0.1, -0.05) is 18.2 Å². The van der Waals surface area contributed by atoms with Gasteiger partial charge in [0.2, 0.25) is 0 Å². The SMILES string of the molecule is CCOC1(C(=O)N2CCN(C(C)c3ccccc3OC)CC2)CCCC1. The third-order valence-electron chi connectivity index (χ3n) is 5.96. The highest BCUT2D eigenvalue weighted by Crippen LogP contribution is 2.36. The molecule has 0 radical (unpaired) electrons. The van der Waals surface area contributed by atoms with Crippen LogP contribution in [0.15, 0.2) is 24.3 Å². The van der Waals surface area contributed by atoms with Crippen molar-refractivity contribution in [3.05, 3.63) is 29.8 Å². The van der Waals surface area contributed by atoms with E-state index < -0.39 is 5.60 Å². The fraction of sp³-hybridized carbons (Fsp3) is 0.667. The minimum absolute atomic E-state index is 0.210. The van der Waals surface area contributed by atoms with Gasteiger partial charge in [0.25, 0.3) is 5.91 Å². The van der Waals surface area contributed by atoms with Crippen LogP contribution in [0.2, 0.25) is 0 Å². The second-order valence-corrected chi connectivity index (χ2v) is 7.38. The molecule has 1 atom stereocenters. The molecule has 2 aliphatic rings. The highest BCUT2D eigenvalue weighted by Gasteiger charge is 2.45. The predicted octanol–water partition coefficient (Wildman–Crippen LogP) is 3.25. The van der Waals surface area contributed by atoms with Gasteiger partial charge < -0.3 is 14.4 Å². The largest absolute Gasteiger partial charge is 0.496 e. The number of carbonyl (C=O) groups is 1. The Morgan fingerprint density at radius 3 is 2.42 bits per heavy atom. The van der Waals surface area contributed by atoms with Crippen molar-refractivity contribution in [2.45, 2.75) is 51.2 Å². The van der Waals surface area contributed by atoms with E-state index in [1.165, 1.54) is 5.56 Å². The molecular formula is C21H32N2O3. The van der Waals surface area contributed by atoms with E-state index in [4.69, 9.17) is 9.47 Å². The Hall–Kier alpha value is -1.59. The molecule has 5 heteroatoms. The number of benzene rings is 1. The van der Waals surface area contributed by atoms with Gasteiger partial charge in [0, 0.05) is 44.4 Å². The molecule has 5 nitrogen and oxygen atoms in total. The van der Waals surface area contributed by atoms with Gasteiger partial charge in [0.1, 0.15) is 11.4 Å². The standard InChI is InChI=1S/C21H32N2O3/c1-4-26-21(11-7-8-12-21)20(24)23-15-13-22(14-16-23)17(2)18-9-5-6-10-19(18)25-3/h5-6,9-10,17H,4,7-8,11-16H2,1-3H3. The van der Waals surface area contributed by atoms with Crippen molar-refractivity contribution < 1.29 is 14.3 Å². The smallest absolute Gasteiger partial charge is 0.254 e. The van der Waals surface area contributed by atoms with E-state index in [-0.39, 0.29) is 11.9 Å². The van der Waals surface area contributed by atoms with Crippen molar-refractivity contribution in [3.8, 4) is 5.75 Å². The number of hydrogen-bond donors (Lipinski definition) is 0. The van der Waals surface area contributed by atoms with Crippen LogP contribution in [-0.2, 0) is 9.53 Å². The quantitative estimate of drug-likeness (QED) is 0.781. The molecule has 26 heavy (non-hydrogen) atoms. The van der Waals surface area contributed by atoms with E-state index >= 15 is 0 Å². The average Bonchev–Trinajstić information content (AvgIpc) is 3.17. The van der Waals surface area contributed by atoms with Crippen LogP contribution in [-0.4, -0.2) is 61.2 Å². The number of amides is 1. The lowest BCUT2D eigenvalue weighted by Gasteiger charge is -2.41. The van der Waals surface area contributed by atoms with Crippen LogP contribution in [0.25, 0.3) is 0 Å². The molecule has 3 rings (SSSR count). The third-order valence-corrected chi connectivity index (χ3v) is 5.96. The van der Waals surface area contributed by atoms with Gasteiger partial charge in [-0.05, 0) is 45.6 Å². The highest BCUT2D eigenvalue weighted by molar-refractivity contribution is 5.85. The minimum atomic E-state index is -0.550. The topological polar surface area (TPSA) is 42.0 Å². The minimum Gasteiger partial charge on any atom is -0.496 e. The van der Waals surface area contributed by atoms with Crippen LogP contribution < -0.4 is 4.74 Å². The number of para-hydroxylation sites is 1. The molecule has 0 N–H and O–H groups in total. The van der Waals surface area contributed by atoms with Crippen LogP contribution in [0.5, 0.6) is 5.75 Å². The van der Waals surface area contributed by atoms with Crippen molar-refractivity contribution in [3.63, 3.8) is 0 Å². The molecule has 1 aromatic rings. The van der Waals surface area contributed by atoms with Crippen LogP contribution in [0.1, 0.15) is 51.1 Å². The van der Waals surface area contributed by atoms with E-state index in [0.717, 1.165) is 57.6 Å². The molecule has 1 heterocycles. The van der Waals surface area contributed by atoms with E-state index in [9.17, 15) is 4.79 Å². The first-order chi connectivity index (χ1) is 12.6. The average molecular weight is 360 g/mol. The van der Waals surface area contributed by atoms with Crippen LogP contribution in [0, 0.1) is 0 Å². The van der Waals surface area contributed by atoms with Crippen molar-refractivity contribution in [1.29, 1.82) is 0 Å². The predicted molar refractivity (Wildman–Crippen MR) is 102 cm³/mol. The zero-order valence-corrected chi connectivity index (χ0v) is 16.4. The second kappa shape index (κ2) is 8.40. The molecular weight excluding hydrogens is 328 g/mol. The summed E-state index contributed by atoms with van der Waals surface area (Å²) >= 11 is 0. The second-order valence-electron chi connectivity index (χ2n) is 7.38. The Bertz CT molecular complexity index is 605. The number of piperazine rings is 1. The van der Waals surface area contributed by atoms with Gasteiger partial charge in [0.05, 0.1) is 7.11 Å². The van der Waals surface area contributed by atoms with E-state index in [0.29, 0.717) is 6.61 Å². The monoisotopic (exact) mass is 360 g/mol.